The van der Waals surface area contributed by atoms with Crippen molar-refractivity contribution in [3.05, 3.63) is 42.5 Å². The number of piperidine rings is 1. The summed E-state index contributed by atoms with van der Waals surface area (Å²) < 4.78 is 13.4. The van der Waals surface area contributed by atoms with Gasteiger partial charge in [0.05, 0.1) is 25.6 Å². The highest BCUT2D eigenvalue weighted by molar-refractivity contribution is 5.95. The van der Waals surface area contributed by atoms with Crippen LogP contribution in [0.3, 0.4) is 0 Å². The maximum absolute atomic E-state index is 12.9. The van der Waals surface area contributed by atoms with Crippen molar-refractivity contribution in [2.45, 2.75) is 25.3 Å². The number of likely N-dealkylation sites (tertiary alicyclic amines) is 1. The quantitative estimate of drug-likeness (QED) is 0.850. The Kier molecular flexibility index (Phi) is 4.11. The summed E-state index contributed by atoms with van der Waals surface area (Å²) >= 11 is 0. The standard InChI is InChI=1S/C18H21N3O3/c22-18(14-4-5-16-17(11-14)24-10-2-9-23-16)20-7-1-3-15(12-20)21-8-6-19-13-21/h4-6,8,11,13,15H,1-3,7,9-10,12H2/t15-/m1/s1. The third-order valence-electron chi connectivity index (χ3n) is 4.62. The lowest BCUT2D eigenvalue weighted by molar-refractivity contribution is 0.0679. The smallest absolute Gasteiger partial charge is 0.254 e. The van der Waals surface area contributed by atoms with E-state index in [2.05, 4.69) is 9.55 Å². The van der Waals surface area contributed by atoms with Crippen LogP contribution in [0.2, 0.25) is 0 Å². The number of carbonyl (C=O) groups is 1. The molecule has 0 spiro atoms. The second kappa shape index (κ2) is 6.55. The van der Waals surface area contributed by atoms with E-state index in [0.29, 0.717) is 37.1 Å². The molecule has 0 radical (unpaired) electrons. The van der Waals surface area contributed by atoms with E-state index in [9.17, 15) is 4.79 Å². The molecule has 1 saturated heterocycles. The van der Waals surface area contributed by atoms with Crippen molar-refractivity contribution >= 4 is 5.91 Å². The lowest BCUT2D eigenvalue weighted by Crippen LogP contribution is -2.40. The van der Waals surface area contributed by atoms with E-state index in [1.54, 1.807) is 6.20 Å². The molecule has 0 unspecified atom stereocenters. The minimum Gasteiger partial charge on any atom is -0.490 e. The number of nitrogens with zero attached hydrogens (tertiary/aromatic N) is 3. The minimum atomic E-state index is 0.0514. The van der Waals surface area contributed by atoms with Gasteiger partial charge in [0.1, 0.15) is 0 Å². The van der Waals surface area contributed by atoms with Gasteiger partial charge in [-0.15, -0.1) is 0 Å². The van der Waals surface area contributed by atoms with Crippen LogP contribution in [0.4, 0.5) is 0 Å². The Hall–Kier alpha value is -2.50. The number of carbonyl (C=O) groups excluding carboxylic acids is 1. The van der Waals surface area contributed by atoms with E-state index in [1.807, 2.05) is 35.6 Å². The average Bonchev–Trinajstić information content (AvgIpc) is 3.06. The summed E-state index contributed by atoms with van der Waals surface area (Å²) in [5, 5.41) is 0. The Morgan fingerprint density at radius 1 is 1.17 bits per heavy atom. The molecular weight excluding hydrogens is 306 g/mol. The Morgan fingerprint density at radius 3 is 2.88 bits per heavy atom. The zero-order valence-electron chi connectivity index (χ0n) is 13.6. The number of benzene rings is 1. The predicted molar refractivity (Wildman–Crippen MR) is 88.5 cm³/mol. The number of imidazole rings is 1. The summed E-state index contributed by atoms with van der Waals surface area (Å²) in [6, 6.07) is 5.77. The lowest BCUT2D eigenvalue weighted by atomic mass is 10.0. The number of amides is 1. The first kappa shape index (κ1) is 15.1. The van der Waals surface area contributed by atoms with Crippen molar-refractivity contribution in [3.63, 3.8) is 0 Å². The molecule has 1 aromatic heterocycles. The maximum Gasteiger partial charge on any atom is 0.254 e. The van der Waals surface area contributed by atoms with Gasteiger partial charge < -0.3 is 18.9 Å². The predicted octanol–water partition coefficient (Wildman–Crippen LogP) is 2.52. The molecule has 24 heavy (non-hydrogen) atoms. The second-order valence-electron chi connectivity index (χ2n) is 6.27. The molecule has 1 fully saturated rings. The molecule has 2 aliphatic rings. The molecule has 1 atom stereocenters. The summed E-state index contributed by atoms with van der Waals surface area (Å²) in [5.74, 6) is 1.44. The number of rotatable bonds is 2. The van der Waals surface area contributed by atoms with Crippen LogP contribution in [0.15, 0.2) is 36.9 Å². The molecule has 6 heteroatoms. The average molecular weight is 327 g/mol. The highest BCUT2D eigenvalue weighted by Gasteiger charge is 2.26. The van der Waals surface area contributed by atoms with E-state index >= 15 is 0 Å². The molecule has 1 aromatic carbocycles. The van der Waals surface area contributed by atoms with Crippen LogP contribution in [0, 0.1) is 0 Å². The molecule has 3 heterocycles. The van der Waals surface area contributed by atoms with Crippen LogP contribution in [0.25, 0.3) is 0 Å². The SMILES string of the molecule is O=C(c1ccc2c(c1)OCCCO2)N1CCC[C@@H](n2ccnc2)C1. The molecular formula is C18H21N3O3. The monoisotopic (exact) mass is 327 g/mol. The van der Waals surface area contributed by atoms with Crippen LogP contribution in [0.1, 0.15) is 35.7 Å². The Balaban J connectivity index is 1.52. The van der Waals surface area contributed by atoms with Gasteiger partial charge in [0, 0.05) is 37.5 Å². The van der Waals surface area contributed by atoms with Crippen LogP contribution >= 0.6 is 0 Å². The van der Waals surface area contributed by atoms with Crippen LogP contribution in [0.5, 0.6) is 11.5 Å². The van der Waals surface area contributed by atoms with Crippen LogP contribution < -0.4 is 9.47 Å². The highest BCUT2D eigenvalue weighted by atomic mass is 16.5. The largest absolute Gasteiger partial charge is 0.490 e. The molecule has 0 N–H and O–H groups in total. The Morgan fingerprint density at radius 2 is 2.04 bits per heavy atom. The summed E-state index contributed by atoms with van der Waals surface area (Å²) in [6.07, 6.45) is 8.50. The van der Waals surface area contributed by atoms with Gasteiger partial charge in [-0.05, 0) is 31.0 Å². The van der Waals surface area contributed by atoms with Crippen molar-refractivity contribution in [2.24, 2.45) is 0 Å². The van der Waals surface area contributed by atoms with Crippen LogP contribution in [-0.4, -0.2) is 46.7 Å². The molecule has 0 aliphatic carbocycles. The summed E-state index contributed by atoms with van der Waals surface area (Å²) in [6.45, 7) is 2.78. The number of hydrogen-bond donors (Lipinski definition) is 0. The van der Waals surface area contributed by atoms with E-state index in [1.165, 1.54) is 0 Å². The van der Waals surface area contributed by atoms with Gasteiger partial charge in [-0.1, -0.05) is 0 Å². The van der Waals surface area contributed by atoms with Crippen molar-refractivity contribution in [1.82, 2.24) is 14.5 Å². The summed E-state index contributed by atoms with van der Waals surface area (Å²) in [7, 11) is 0. The van der Waals surface area contributed by atoms with E-state index in [4.69, 9.17) is 9.47 Å². The fraction of sp³-hybridized carbons (Fsp3) is 0.444. The zero-order valence-corrected chi connectivity index (χ0v) is 13.6. The molecule has 0 bridgehead atoms. The van der Waals surface area contributed by atoms with Crippen LogP contribution in [-0.2, 0) is 0 Å². The molecule has 6 nitrogen and oxygen atoms in total. The molecule has 126 valence electrons. The van der Waals surface area contributed by atoms with Gasteiger partial charge in [0.15, 0.2) is 11.5 Å². The fourth-order valence-electron chi connectivity index (χ4n) is 3.35. The first-order valence-corrected chi connectivity index (χ1v) is 8.47. The van der Waals surface area contributed by atoms with E-state index in [0.717, 1.165) is 31.6 Å². The van der Waals surface area contributed by atoms with E-state index in [-0.39, 0.29) is 5.91 Å². The normalized spacial score (nSPS) is 20.5. The first-order valence-electron chi connectivity index (χ1n) is 8.47. The maximum atomic E-state index is 12.9. The number of hydrogen-bond acceptors (Lipinski definition) is 4. The third kappa shape index (κ3) is 2.96. The van der Waals surface area contributed by atoms with Gasteiger partial charge >= 0.3 is 0 Å². The molecule has 1 amide bonds. The molecule has 2 aliphatic heterocycles. The molecule has 2 aromatic rings. The van der Waals surface area contributed by atoms with Crippen molar-refractivity contribution in [2.75, 3.05) is 26.3 Å². The molecule has 4 rings (SSSR count). The minimum absolute atomic E-state index is 0.0514. The van der Waals surface area contributed by atoms with Crippen molar-refractivity contribution < 1.29 is 14.3 Å². The van der Waals surface area contributed by atoms with Gasteiger partial charge in [0.25, 0.3) is 5.91 Å². The molecule has 0 saturated carbocycles. The van der Waals surface area contributed by atoms with Gasteiger partial charge in [-0.3, -0.25) is 4.79 Å². The Bertz CT molecular complexity index is 714. The Labute approximate surface area is 141 Å². The van der Waals surface area contributed by atoms with Gasteiger partial charge in [-0.25, -0.2) is 4.98 Å². The topological polar surface area (TPSA) is 56.6 Å². The number of aromatic nitrogens is 2. The van der Waals surface area contributed by atoms with Crippen molar-refractivity contribution in [1.29, 1.82) is 0 Å². The number of fused-ring (bicyclic) bond motifs is 1. The summed E-state index contributed by atoms with van der Waals surface area (Å²) in [4.78, 5) is 18.9. The second-order valence-corrected chi connectivity index (χ2v) is 6.27. The highest BCUT2D eigenvalue weighted by Crippen LogP contribution is 2.31. The summed E-state index contributed by atoms with van der Waals surface area (Å²) in [5.41, 5.74) is 0.658. The van der Waals surface area contributed by atoms with Gasteiger partial charge in [0.2, 0.25) is 0 Å². The third-order valence-corrected chi connectivity index (χ3v) is 4.62. The zero-order chi connectivity index (χ0) is 16.4. The van der Waals surface area contributed by atoms with E-state index < -0.39 is 0 Å². The van der Waals surface area contributed by atoms with Crippen molar-refractivity contribution in [3.8, 4) is 11.5 Å². The number of ether oxygens (including phenoxy) is 2. The van der Waals surface area contributed by atoms with Gasteiger partial charge in [-0.2, -0.15) is 0 Å². The first-order chi connectivity index (χ1) is 11.8. The fourth-order valence-corrected chi connectivity index (χ4v) is 3.35. The lowest BCUT2D eigenvalue weighted by Gasteiger charge is -2.33.